The van der Waals surface area contributed by atoms with Gasteiger partial charge in [-0.15, -0.1) is 5.10 Å². The van der Waals surface area contributed by atoms with E-state index >= 15 is 0 Å². The first-order valence-electron chi connectivity index (χ1n) is 5.56. The van der Waals surface area contributed by atoms with Gasteiger partial charge in [-0.05, 0) is 27.6 Å². The minimum absolute atomic E-state index is 0.0570. The molecule has 0 unspecified atom stereocenters. The van der Waals surface area contributed by atoms with Gasteiger partial charge in [0.2, 0.25) is 5.88 Å². The maximum Gasteiger partial charge on any atom is 0.283 e. The highest BCUT2D eigenvalue weighted by atomic mass is 79.9. The van der Waals surface area contributed by atoms with E-state index in [2.05, 4.69) is 21.0 Å². The third-order valence-electron chi connectivity index (χ3n) is 2.59. The van der Waals surface area contributed by atoms with Crippen molar-refractivity contribution in [2.45, 2.75) is 6.54 Å². The van der Waals surface area contributed by atoms with Crippen molar-refractivity contribution in [2.75, 3.05) is 7.11 Å². The summed E-state index contributed by atoms with van der Waals surface area (Å²) in [6.45, 7) is 0.129. The second-order valence-corrected chi connectivity index (χ2v) is 4.77. The summed E-state index contributed by atoms with van der Waals surface area (Å²) in [5.74, 6) is 0.302. The Labute approximate surface area is 122 Å². The minimum Gasteiger partial charge on any atom is -0.480 e. The topological polar surface area (TPSA) is 87.3 Å². The van der Waals surface area contributed by atoms with Gasteiger partial charge < -0.3 is 4.74 Å². The molecule has 8 heteroatoms. The molecule has 1 aromatic heterocycles. The second-order valence-electron chi connectivity index (χ2n) is 3.91. The smallest absolute Gasteiger partial charge is 0.283 e. The summed E-state index contributed by atoms with van der Waals surface area (Å²) in [6.07, 6.45) is 0. The van der Waals surface area contributed by atoms with Crippen LogP contribution in [0, 0.1) is 10.1 Å². The van der Waals surface area contributed by atoms with Gasteiger partial charge in [0.1, 0.15) is 0 Å². The summed E-state index contributed by atoms with van der Waals surface area (Å²) in [4.78, 5) is 22.1. The van der Waals surface area contributed by atoms with Crippen molar-refractivity contribution in [1.82, 2.24) is 9.78 Å². The molecule has 0 N–H and O–H groups in total. The van der Waals surface area contributed by atoms with Gasteiger partial charge in [-0.1, -0.05) is 6.07 Å². The summed E-state index contributed by atoms with van der Waals surface area (Å²) in [5, 5.41) is 14.8. The maximum atomic E-state index is 11.7. The molecule has 1 heterocycles. The molecule has 0 aliphatic rings. The standard InChI is InChI=1S/C12H10BrN3O4/c1-20-11-4-5-12(17)15(14-11)7-8-2-3-9(13)10(6-8)16(18)19/h2-6H,7H2,1H3. The molecule has 0 saturated carbocycles. The van der Waals surface area contributed by atoms with Gasteiger partial charge in [-0.2, -0.15) is 0 Å². The Morgan fingerprint density at radius 1 is 1.40 bits per heavy atom. The fourth-order valence-electron chi connectivity index (χ4n) is 1.62. The van der Waals surface area contributed by atoms with Crippen molar-refractivity contribution >= 4 is 21.6 Å². The van der Waals surface area contributed by atoms with Crippen molar-refractivity contribution in [3.05, 3.63) is 60.8 Å². The number of ether oxygens (including phenoxy) is 1. The molecule has 2 aromatic rings. The third kappa shape index (κ3) is 3.02. The van der Waals surface area contributed by atoms with Crippen molar-refractivity contribution in [2.24, 2.45) is 0 Å². The SMILES string of the molecule is COc1ccc(=O)n(Cc2ccc(Br)c([N+](=O)[O-])c2)n1. The quantitative estimate of drug-likeness (QED) is 0.627. The summed E-state index contributed by atoms with van der Waals surface area (Å²) in [7, 11) is 1.45. The molecule has 7 nitrogen and oxygen atoms in total. The monoisotopic (exact) mass is 339 g/mol. The molecular formula is C12H10BrN3O4. The molecule has 0 aliphatic heterocycles. The normalized spacial score (nSPS) is 10.3. The average molecular weight is 340 g/mol. The molecule has 0 radical (unpaired) electrons. The van der Waals surface area contributed by atoms with Crippen molar-refractivity contribution < 1.29 is 9.66 Å². The van der Waals surface area contributed by atoms with Gasteiger partial charge in [0.25, 0.3) is 11.2 Å². The van der Waals surface area contributed by atoms with Crippen LogP contribution < -0.4 is 10.3 Å². The molecular weight excluding hydrogens is 330 g/mol. The van der Waals surface area contributed by atoms with Gasteiger partial charge in [0, 0.05) is 18.2 Å². The average Bonchev–Trinajstić information content (AvgIpc) is 2.43. The number of halogens is 1. The summed E-state index contributed by atoms with van der Waals surface area (Å²) in [6, 6.07) is 7.45. The lowest BCUT2D eigenvalue weighted by molar-refractivity contribution is -0.385. The van der Waals surface area contributed by atoms with Crippen LogP contribution >= 0.6 is 15.9 Å². The Bertz CT molecular complexity index is 714. The van der Waals surface area contributed by atoms with Crippen molar-refractivity contribution in [3.8, 4) is 5.88 Å². The van der Waals surface area contributed by atoms with Crippen molar-refractivity contribution in [3.63, 3.8) is 0 Å². The molecule has 20 heavy (non-hydrogen) atoms. The number of nitro groups is 1. The van der Waals surface area contributed by atoms with Gasteiger partial charge in [-0.3, -0.25) is 14.9 Å². The number of nitrogens with zero attached hydrogens (tertiary/aromatic N) is 3. The highest BCUT2D eigenvalue weighted by molar-refractivity contribution is 9.10. The Balaban J connectivity index is 2.37. The zero-order chi connectivity index (χ0) is 14.7. The number of nitro benzene ring substituents is 1. The van der Waals surface area contributed by atoms with E-state index < -0.39 is 4.92 Å². The predicted octanol–water partition coefficient (Wildman–Crippen LogP) is 1.97. The van der Waals surface area contributed by atoms with E-state index in [0.717, 1.165) is 0 Å². The first kappa shape index (κ1) is 14.2. The molecule has 0 amide bonds. The van der Waals surface area contributed by atoms with Gasteiger partial charge in [-0.25, -0.2) is 4.68 Å². The van der Waals surface area contributed by atoms with E-state index in [9.17, 15) is 14.9 Å². The molecule has 0 bridgehead atoms. The third-order valence-corrected chi connectivity index (χ3v) is 3.26. The van der Waals surface area contributed by atoms with Crippen LogP contribution in [-0.2, 0) is 6.54 Å². The van der Waals surface area contributed by atoms with Crippen molar-refractivity contribution in [1.29, 1.82) is 0 Å². The van der Waals surface area contributed by atoms with Crippen LogP contribution in [0.3, 0.4) is 0 Å². The largest absolute Gasteiger partial charge is 0.480 e. The Morgan fingerprint density at radius 2 is 2.15 bits per heavy atom. The van der Waals surface area contributed by atoms with Crippen LogP contribution in [0.1, 0.15) is 5.56 Å². The molecule has 0 aliphatic carbocycles. The van der Waals surface area contributed by atoms with E-state index in [4.69, 9.17) is 4.74 Å². The van der Waals surface area contributed by atoms with E-state index in [1.165, 1.54) is 30.0 Å². The summed E-state index contributed by atoms with van der Waals surface area (Å²) >= 11 is 3.11. The highest BCUT2D eigenvalue weighted by Gasteiger charge is 2.13. The lowest BCUT2D eigenvalue weighted by Crippen LogP contribution is -2.22. The maximum absolute atomic E-state index is 11.7. The fourth-order valence-corrected chi connectivity index (χ4v) is 2.01. The fraction of sp³-hybridized carbons (Fsp3) is 0.167. The highest BCUT2D eigenvalue weighted by Crippen LogP contribution is 2.25. The minimum atomic E-state index is -0.491. The van der Waals surface area contributed by atoms with Gasteiger partial charge in [0.15, 0.2) is 0 Å². The molecule has 1 aromatic carbocycles. The Morgan fingerprint density at radius 3 is 2.80 bits per heavy atom. The first-order valence-corrected chi connectivity index (χ1v) is 6.35. The Kier molecular flexibility index (Phi) is 4.14. The van der Waals surface area contributed by atoms with Crippen LogP contribution in [0.5, 0.6) is 5.88 Å². The van der Waals surface area contributed by atoms with E-state index in [-0.39, 0.29) is 17.8 Å². The molecule has 0 saturated heterocycles. The van der Waals surface area contributed by atoms with E-state index in [1.807, 2.05) is 0 Å². The second kappa shape index (κ2) is 5.83. The number of rotatable bonds is 4. The molecule has 104 valence electrons. The number of methoxy groups -OCH3 is 1. The predicted molar refractivity (Wildman–Crippen MR) is 74.9 cm³/mol. The Hall–Kier alpha value is -2.22. The van der Waals surface area contributed by atoms with Gasteiger partial charge >= 0.3 is 0 Å². The van der Waals surface area contributed by atoms with Crippen LogP contribution in [-0.4, -0.2) is 21.8 Å². The van der Waals surface area contributed by atoms with Crippen LogP contribution in [0.15, 0.2) is 39.6 Å². The number of benzene rings is 1. The van der Waals surface area contributed by atoms with Crippen LogP contribution in [0.2, 0.25) is 0 Å². The number of hydrogen-bond acceptors (Lipinski definition) is 5. The molecule has 0 spiro atoms. The zero-order valence-electron chi connectivity index (χ0n) is 10.4. The number of aromatic nitrogens is 2. The van der Waals surface area contributed by atoms with E-state index in [1.54, 1.807) is 12.1 Å². The lowest BCUT2D eigenvalue weighted by Gasteiger charge is -2.06. The molecule has 0 atom stereocenters. The van der Waals surface area contributed by atoms with E-state index in [0.29, 0.717) is 15.9 Å². The van der Waals surface area contributed by atoms with Crippen LogP contribution in [0.25, 0.3) is 0 Å². The number of hydrogen-bond donors (Lipinski definition) is 0. The first-order chi connectivity index (χ1) is 9.51. The van der Waals surface area contributed by atoms with Gasteiger partial charge in [0.05, 0.1) is 23.1 Å². The molecule has 2 rings (SSSR count). The van der Waals surface area contributed by atoms with Crippen LogP contribution in [0.4, 0.5) is 5.69 Å². The molecule has 0 fully saturated rings. The summed E-state index contributed by atoms with van der Waals surface area (Å²) in [5.41, 5.74) is 0.234. The summed E-state index contributed by atoms with van der Waals surface area (Å²) < 4.78 is 6.51. The zero-order valence-corrected chi connectivity index (χ0v) is 12.0. The lowest BCUT2D eigenvalue weighted by atomic mass is 10.2.